The summed E-state index contributed by atoms with van der Waals surface area (Å²) in [5.74, 6) is 0. The molecule has 1 nitrogen and oxygen atoms in total. The van der Waals surface area contributed by atoms with Gasteiger partial charge in [-0.2, -0.15) is 0 Å². The lowest BCUT2D eigenvalue weighted by Gasteiger charge is -2.11. The molecule has 1 aromatic rings. The van der Waals surface area contributed by atoms with Crippen molar-refractivity contribution in [1.29, 1.82) is 0 Å². The van der Waals surface area contributed by atoms with E-state index < -0.39 is 0 Å². The maximum atomic E-state index is 12.0. The fourth-order valence-electron chi connectivity index (χ4n) is 1.28. The van der Waals surface area contributed by atoms with Gasteiger partial charge in [-0.1, -0.05) is 18.2 Å². The van der Waals surface area contributed by atoms with Crippen LogP contribution < -0.4 is 5.73 Å². The lowest BCUT2D eigenvalue weighted by atomic mass is 10.0. The quantitative estimate of drug-likeness (QED) is 0.762. The predicted molar refractivity (Wildman–Crippen MR) is 53.4 cm³/mol. The van der Waals surface area contributed by atoms with E-state index in [0.717, 1.165) is 5.56 Å². The molecule has 1 rings (SSSR count). The molecule has 72 valence electrons. The molecule has 0 radical (unpaired) electrons. The standard InChI is InChI=1S/C11H16FN/c1-8-3-4-10(7-9(8)2)11(13)5-6-12/h3-4,7,11H,5-6,13H2,1-2H3/t11-/m1/s1. The Morgan fingerprint density at radius 2 is 2.00 bits per heavy atom. The minimum absolute atomic E-state index is 0.163. The second-order valence-corrected chi connectivity index (χ2v) is 3.43. The van der Waals surface area contributed by atoms with Crippen molar-refractivity contribution >= 4 is 0 Å². The molecule has 0 aliphatic heterocycles. The Morgan fingerprint density at radius 3 is 2.54 bits per heavy atom. The van der Waals surface area contributed by atoms with Crippen LogP contribution in [-0.2, 0) is 0 Å². The minimum atomic E-state index is -0.353. The highest BCUT2D eigenvalue weighted by molar-refractivity contribution is 5.31. The highest BCUT2D eigenvalue weighted by Crippen LogP contribution is 2.17. The normalized spacial score (nSPS) is 12.9. The first-order valence-corrected chi connectivity index (χ1v) is 4.54. The van der Waals surface area contributed by atoms with Crippen LogP contribution in [0.15, 0.2) is 18.2 Å². The molecular weight excluding hydrogens is 165 g/mol. The summed E-state index contributed by atoms with van der Waals surface area (Å²) < 4.78 is 12.0. The Balaban J connectivity index is 2.84. The number of rotatable bonds is 3. The van der Waals surface area contributed by atoms with Crippen LogP contribution >= 0.6 is 0 Å². The average Bonchev–Trinajstić information content (AvgIpc) is 2.10. The van der Waals surface area contributed by atoms with Gasteiger partial charge < -0.3 is 5.73 Å². The van der Waals surface area contributed by atoms with E-state index in [1.807, 2.05) is 25.1 Å². The molecule has 2 N–H and O–H groups in total. The van der Waals surface area contributed by atoms with Crippen LogP contribution in [0.25, 0.3) is 0 Å². The van der Waals surface area contributed by atoms with Crippen molar-refractivity contribution in [2.45, 2.75) is 26.3 Å². The zero-order chi connectivity index (χ0) is 9.84. The number of hydrogen-bond donors (Lipinski definition) is 1. The van der Waals surface area contributed by atoms with Gasteiger partial charge in [0.25, 0.3) is 0 Å². The summed E-state index contributed by atoms with van der Waals surface area (Å²) in [6.07, 6.45) is 0.405. The van der Waals surface area contributed by atoms with E-state index in [2.05, 4.69) is 6.92 Å². The van der Waals surface area contributed by atoms with Crippen molar-refractivity contribution in [1.82, 2.24) is 0 Å². The second kappa shape index (κ2) is 4.38. The van der Waals surface area contributed by atoms with Crippen molar-refractivity contribution in [2.24, 2.45) is 5.73 Å². The summed E-state index contributed by atoms with van der Waals surface area (Å²) in [5, 5.41) is 0. The third-order valence-electron chi connectivity index (χ3n) is 2.38. The summed E-state index contributed by atoms with van der Waals surface area (Å²) in [7, 11) is 0. The summed E-state index contributed by atoms with van der Waals surface area (Å²) >= 11 is 0. The van der Waals surface area contributed by atoms with Crippen LogP contribution in [0.2, 0.25) is 0 Å². The first-order chi connectivity index (χ1) is 6.15. The van der Waals surface area contributed by atoms with Crippen LogP contribution in [-0.4, -0.2) is 6.67 Å². The molecule has 0 spiro atoms. The smallest absolute Gasteiger partial charge is 0.0912 e. The van der Waals surface area contributed by atoms with Crippen LogP contribution in [0.1, 0.15) is 29.2 Å². The number of hydrogen-bond acceptors (Lipinski definition) is 1. The van der Waals surface area contributed by atoms with Crippen molar-refractivity contribution in [2.75, 3.05) is 6.67 Å². The molecule has 0 fully saturated rings. The van der Waals surface area contributed by atoms with Gasteiger partial charge in [-0.05, 0) is 37.0 Å². The van der Waals surface area contributed by atoms with Gasteiger partial charge in [0.2, 0.25) is 0 Å². The fraction of sp³-hybridized carbons (Fsp3) is 0.455. The van der Waals surface area contributed by atoms with Gasteiger partial charge in [0.1, 0.15) is 0 Å². The third kappa shape index (κ3) is 2.52. The number of aryl methyl sites for hydroxylation is 2. The molecule has 0 saturated heterocycles. The monoisotopic (exact) mass is 181 g/mol. The SMILES string of the molecule is Cc1ccc([C@H](N)CCF)cc1C. The van der Waals surface area contributed by atoms with Gasteiger partial charge in [-0.15, -0.1) is 0 Å². The number of halogens is 1. The highest BCUT2D eigenvalue weighted by Gasteiger charge is 2.05. The molecule has 1 atom stereocenters. The fourth-order valence-corrected chi connectivity index (χ4v) is 1.28. The van der Waals surface area contributed by atoms with Gasteiger partial charge in [-0.3, -0.25) is 4.39 Å². The zero-order valence-electron chi connectivity index (χ0n) is 8.18. The first kappa shape index (κ1) is 10.2. The second-order valence-electron chi connectivity index (χ2n) is 3.43. The third-order valence-corrected chi connectivity index (χ3v) is 2.38. The molecule has 0 heterocycles. The first-order valence-electron chi connectivity index (χ1n) is 4.54. The van der Waals surface area contributed by atoms with E-state index in [4.69, 9.17) is 5.73 Å². The molecule has 0 aromatic heterocycles. The lowest BCUT2D eigenvalue weighted by molar-refractivity contribution is 0.442. The van der Waals surface area contributed by atoms with Crippen LogP contribution in [0.3, 0.4) is 0 Å². The molecule has 13 heavy (non-hydrogen) atoms. The largest absolute Gasteiger partial charge is 0.324 e. The van der Waals surface area contributed by atoms with Gasteiger partial charge in [0.15, 0.2) is 0 Å². The van der Waals surface area contributed by atoms with Gasteiger partial charge >= 0.3 is 0 Å². The summed E-state index contributed by atoms with van der Waals surface area (Å²) in [6.45, 7) is 3.74. The van der Waals surface area contributed by atoms with Crippen LogP contribution in [0.5, 0.6) is 0 Å². The van der Waals surface area contributed by atoms with Crippen molar-refractivity contribution < 1.29 is 4.39 Å². The van der Waals surface area contributed by atoms with Crippen molar-refractivity contribution in [3.63, 3.8) is 0 Å². The highest BCUT2D eigenvalue weighted by atomic mass is 19.1. The Bertz CT molecular complexity index is 283. The molecule has 0 unspecified atom stereocenters. The maximum Gasteiger partial charge on any atom is 0.0912 e. The van der Waals surface area contributed by atoms with E-state index in [9.17, 15) is 4.39 Å². The molecule has 0 bridgehead atoms. The number of benzene rings is 1. The van der Waals surface area contributed by atoms with Crippen LogP contribution in [0, 0.1) is 13.8 Å². The van der Waals surface area contributed by atoms with Crippen LogP contribution in [0.4, 0.5) is 4.39 Å². The summed E-state index contributed by atoms with van der Waals surface area (Å²) in [5.41, 5.74) is 9.27. The molecule has 0 saturated carbocycles. The van der Waals surface area contributed by atoms with Gasteiger partial charge in [0, 0.05) is 6.04 Å². The van der Waals surface area contributed by atoms with Gasteiger partial charge in [-0.25, -0.2) is 0 Å². The molecule has 1 aromatic carbocycles. The Labute approximate surface area is 78.8 Å². The van der Waals surface area contributed by atoms with Crippen molar-refractivity contribution in [3.05, 3.63) is 34.9 Å². The Morgan fingerprint density at radius 1 is 1.31 bits per heavy atom. The van der Waals surface area contributed by atoms with E-state index in [1.54, 1.807) is 0 Å². The Hall–Kier alpha value is -0.890. The van der Waals surface area contributed by atoms with E-state index in [1.165, 1.54) is 11.1 Å². The average molecular weight is 181 g/mol. The molecule has 2 heteroatoms. The minimum Gasteiger partial charge on any atom is -0.324 e. The van der Waals surface area contributed by atoms with E-state index in [0.29, 0.717) is 6.42 Å². The zero-order valence-corrected chi connectivity index (χ0v) is 8.18. The van der Waals surface area contributed by atoms with Crippen molar-refractivity contribution in [3.8, 4) is 0 Å². The molecule has 0 aliphatic carbocycles. The summed E-state index contributed by atoms with van der Waals surface area (Å²) in [4.78, 5) is 0. The number of nitrogens with two attached hydrogens (primary N) is 1. The Kier molecular flexibility index (Phi) is 3.43. The van der Waals surface area contributed by atoms with E-state index >= 15 is 0 Å². The topological polar surface area (TPSA) is 26.0 Å². The lowest BCUT2D eigenvalue weighted by Crippen LogP contribution is -2.11. The van der Waals surface area contributed by atoms with E-state index in [-0.39, 0.29) is 12.7 Å². The maximum absolute atomic E-state index is 12.0. The number of alkyl halides is 1. The summed E-state index contributed by atoms with van der Waals surface area (Å²) in [6, 6.07) is 5.88. The molecule has 0 amide bonds. The van der Waals surface area contributed by atoms with Gasteiger partial charge in [0.05, 0.1) is 6.67 Å². The molecular formula is C11H16FN. The molecule has 0 aliphatic rings. The predicted octanol–water partition coefficient (Wildman–Crippen LogP) is 2.66.